The summed E-state index contributed by atoms with van der Waals surface area (Å²) in [6, 6.07) is 9.61. The lowest BCUT2D eigenvalue weighted by Gasteiger charge is -2.18. The zero-order chi connectivity index (χ0) is 19.4. The van der Waals surface area contributed by atoms with Gasteiger partial charge < -0.3 is 15.7 Å². The maximum absolute atomic E-state index is 13.0. The number of anilines is 3. The molecular formula is C18H18ClFN6O. The summed E-state index contributed by atoms with van der Waals surface area (Å²) in [7, 11) is 0. The van der Waals surface area contributed by atoms with Gasteiger partial charge in [-0.15, -0.1) is 0 Å². The number of hydrogen-bond donors (Lipinski definition) is 3. The number of nitrogens with zero attached hydrogens (tertiary/aromatic N) is 4. The maximum atomic E-state index is 13.0. The predicted molar refractivity (Wildman–Crippen MR) is 103 cm³/mol. The van der Waals surface area contributed by atoms with Gasteiger partial charge in [0.25, 0.3) is 0 Å². The van der Waals surface area contributed by atoms with Gasteiger partial charge in [-0.1, -0.05) is 17.7 Å². The van der Waals surface area contributed by atoms with E-state index in [-0.39, 0.29) is 6.54 Å². The number of halogens is 2. The van der Waals surface area contributed by atoms with Gasteiger partial charge in [-0.3, -0.25) is 0 Å². The van der Waals surface area contributed by atoms with Gasteiger partial charge in [-0.2, -0.15) is 4.39 Å². The standard InChI is InChI=1S/C18H18ClFN6O/c1-18(2,27)10-22-15-8-16(23-11-6-7-14(20)21-9-11)26-17(25-15)12-4-3-5-13(19)24-12/h3-9,27H,10H2,1-2H3,(H2,22,23,25,26). The summed E-state index contributed by atoms with van der Waals surface area (Å²) in [5.74, 6) is 0.713. The van der Waals surface area contributed by atoms with E-state index in [9.17, 15) is 9.50 Å². The zero-order valence-electron chi connectivity index (χ0n) is 14.7. The van der Waals surface area contributed by atoms with Crippen LogP contribution in [0.4, 0.5) is 21.7 Å². The van der Waals surface area contributed by atoms with Crippen LogP contribution in [-0.2, 0) is 0 Å². The fourth-order valence-electron chi connectivity index (χ4n) is 2.15. The first-order valence-corrected chi connectivity index (χ1v) is 8.53. The molecule has 3 aromatic heterocycles. The van der Waals surface area contributed by atoms with Crippen molar-refractivity contribution in [3.05, 3.63) is 53.7 Å². The Hall–Kier alpha value is -2.84. The van der Waals surface area contributed by atoms with Crippen LogP contribution in [0.15, 0.2) is 42.6 Å². The highest BCUT2D eigenvalue weighted by Gasteiger charge is 2.14. The highest BCUT2D eigenvalue weighted by Crippen LogP contribution is 2.23. The van der Waals surface area contributed by atoms with E-state index < -0.39 is 11.5 Å². The fraction of sp³-hybridized carbons (Fsp3) is 0.222. The minimum atomic E-state index is -0.923. The Balaban J connectivity index is 1.95. The van der Waals surface area contributed by atoms with E-state index in [0.717, 1.165) is 0 Å². The molecule has 0 unspecified atom stereocenters. The molecule has 3 rings (SSSR count). The minimum Gasteiger partial charge on any atom is -0.389 e. The van der Waals surface area contributed by atoms with Crippen LogP contribution in [0.1, 0.15) is 13.8 Å². The average Bonchev–Trinajstić information content (AvgIpc) is 2.61. The molecule has 0 aliphatic heterocycles. The smallest absolute Gasteiger partial charge is 0.212 e. The topological polar surface area (TPSA) is 95.8 Å². The number of aromatic nitrogens is 4. The van der Waals surface area contributed by atoms with Crippen LogP contribution in [0.3, 0.4) is 0 Å². The second-order valence-electron chi connectivity index (χ2n) is 6.47. The third-order valence-electron chi connectivity index (χ3n) is 3.37. The Labute approximate surface area is 160 Å². The van der Waals surface area contributed by atoms with Gasteiger partial charge in [-0.25, -0.2) is 19.9 Å². The van der Waals surface area contributed by atoms with Crippen LogP contribution in [0, 0.1) is 5.95 Å². The minimum absolute atomic E-state index is 0.282. The molecule has 0 saturated carbocycles. The molecule has 3 aromatic rings. The SMILES string of the molecule is CC(C)(O)CNc1cc(Nc2ccc(F)nc2)nc(-c2cccc(Cl)n2)n1. The summed E-state index contributed by atoms with van der Waals surface area (Å²) in [6.45, 7) is 3.65. The largest absolute Gasteiger partial charge is 0.389 e. The van der Waals surface area contributed by atoms with Gasteiger partial charge in [0, 0.05) is 12.6 Å². The Kier molecular flexibility index (Phi) is 5.48. The van der Waals surface area contributed by atoms with Gasteiger partial charge in [0.1, 0.15) is 22.5 Å². The van der Waals surface area contributed by atoms with Crippen molar-refractivity contribution in [1.29, 1.82) is 0 Å². The van der Waals surface area contributed by atoms with Crippen molar-refractivity contribution >= 4 is 28.9 Å². The van der Waals surface area contributed by atoms with Crippen molar-refractivity contribution in [3.8, 4) is 11.5 Å². The van der Waals surface area contributed by atoms with E-state index in [1.165, 1.54) is 12.3 Å². The van der Waals surface area contributed by atoms with Crippen molar-refractivity contribution < 1.29 is 9.50 Å². The van der Waals surface area contributed by atoms with Gasteiger partial charge in [0.15, 0.2) is 5.82 Å². The molecule has 27 heavy (non-hydrogen) atoms. The lowest BCUT2D eigenvalue weighted by molar-refractivity contribution is 0.0944. The molecule has 140 valence electrons. The van der Waals surface area contributed by atoms with Crippen LogP contribution < -0.4 is 10.6 Å². The van der Waals surface area contributed by atoms with E-state index >= 15 is 0 Å². The second-order valence-corrected chi connectivity index (χ2v) is 6.86. The summed E-state index contributed by atoms with van der Waals surface area (Å²) in [4.78, 5) is 16.7. The number of aliphatic hydroxyl groups is 1. The lowest BCUT2D eigenvalue weighted by Crippen LogP contribution is -2.29. The molecular weight excluding hydrogens is 371 g/mol. The highest BCUT2D eigenvalue weighted by atomic mass is 35.5. The molecule has 0 fully saturated rings. The Morgan fingerprint density at radius 2 is 1.89 bits per heavy atom. The summed E-state index contributed by atoms with van der Waals surface area (Å²) in [6.07, 6.45) is 1.36. The van der Waals surface area contributed by atoms with E-state index in [4.69, 9.17) is 11.6 Å². The molecule has 9 heteroatoms. The predicted octanol–water partition coefficient (Wildman–Crippen LogP) is 3.65. The molecule has 3 N–H and O–H groups in total. The van der Waals surface area contributed by atoms with Crippen LogP contribution in [-0.4, -0.2) is 37.2 Å². The molecule has 0 saturated heterocycles. The highest BCUT2D eigenvalue weighted by molar-refractivity contribution is 6.29. The van der Waals surface area contributed by atoms with E-state index in [2.05, 4.69) is 30.6 Å². The normalized spacial score (nSPS) is 11.3. The molecule has 0 radical (unpaired) electrons. The third kappa shape index (κ3) is 5.57. The van der Waals surface area contributed by atoms with Crippen molar-refractivity contribution in [3.63, 3.8) is 0 Å². The Bertz CT molecular complexity index is 930. The second kappa shape index (κ2) is 7.81. The first-order chi connectivity index (χ1) is 12.8. The molecule has 0 spiro atoms. The van der Waals surface area contributed by atoms with Crippen LogP contribution in [0.2, 0.25) is 5.15 Å². The van der Waals surface area contributed by atoms with E-state index in [0.29, 0.717) is 34.0 Å². The van der Waals surface area contributed by atoms with Crippen molar-refractivity contribution in [2.45, 2.75) is 19.4 Å². The summed E-state index contributed by atoms with van der Waals surface area (Å²) < 4.78 is 13.0. The number of rotatable bonds is 6. The van der Waals surface area contributed by atoms with Crippen LogP contribution in [0.25, 0.3) is 11.5 Å². The van der Waals surface area contributed by atoms with E-state index in [1.807, 2.05) is 0 Å². The fourth-order valence-corrected chi connectivity index (χ4v) is 2.32. The first-order valence-electron chi connectivity index (χ1n) is 8.15. The number of pyridine rings is 2. The average molecular weight is 389 g/mol. The molecule has 0 aliphatic carbocycles. The Morgan fingerprint density at radius 1 is 1.11 bits per heavy atom. The van der Waals surface area contributed by atoms with Crippen molar-refractivity contribution in [2.75, 3.05) is 17.2 Å². The zero-order valence-corrected chi connectivity index (χ0v) is 15.5. The van der Waals surface area contributed by atoms with Gasteiger partial charge in [-0.05, 0) is 38.1 Å². The number of nitrogens with one attached hydrogen (secondary N) is 2. The quantitative estimate of drug-likeness (QED) is 0.554. The first kappa shape index (κ1) is 18.9. The Morgan fingerprint density at radius 3 is 2.56 bits per heavy atom. The lowest BCUT2D eigenvalue weighted by atomic mass is 10.1. The third-order valence-corrected chi connectivity index (χ3v) is 3.58. The monoisotopic (exact) mass is 388 g/mol. The van der Waals surface area contributed by atoms with Crippen LogP contribution >= 0.6 is 11.6 Å². The van der Waals surface area contributed by atoms with Crippen LogP contribution in [0.5, 0.6) is 0 Å². The number of hydrogen-bond acceptors (Lipinski definition) is 7. The van der Waals surface area contributed by atoms with Gasteiger partial charge in [0.2, 0.25) is 5.95 Å². The molecule has 0 bridgehead atoms. The summed E-state index contributed by atoms with van der Waals surface area (Å²) in [5, 5.41) is 16.4. The van der Waals surface area contributed by atoms with E-state index in [1.54, 1.807) is 44.2 Å². The van der Waals surface area contributed by atoms with Gasteiger partial charge in [0.05, 0.1) is 17.5 Å². The van der Waals surface area contributed by atoms with Crippen molar-refractivity contribution in [2.24, 2.45) is 0 Å². The molecule has 3 heterocycles. The summed E-state index contributed by atoms with van der Waals surface area (Å²) >= 11 is 5.97. The molecule has 0 aromatic carbocycles. The van der Waals surface area contributed by atoms with Crippen molar-refractivity contribution in [1.82, 2.24) is 19.9 Å². The molecule has 0 aliphatic rings. The maximum Gasteiger partial charge on any atom is 0.212 e. The molecule has 7 nitrogen and oxygen atoms in total. The molecule has 0 amide bonds. The molecule has 0 atom stereocenters. The van der Waals surface area contributed by atoms with Gasteiger partial charge >= 0.3 is 0 Å². The summed E-state index contributed by atoms with van der Waals surface area (Å²) in [5.41, 5.74) is 0.136.